The fourth-order valence-corrected chi connectivity index (χ4v) is 2.68. The topological polar surface area (TPSA) is 16.4 Å². The van der Waals surface area contributed by atoms with E-state index in [1.54, 1.807) is 0 Å². The summed E-state index contributed by atoms with van der Waals surface area (Å²) >= 11 is 0. The average molecular weight is 277 g/mol. The van der Waals surface area contributed by atoms with Crippen LogP contribution in [0.5, 0.6) is 0 Å². The standard InChI is InChI=1S/C19H19NO/c1-4-5-8-13-20(3)18-14(2)11-12-16-15-9-6-7-10-17(15)21-19(16)18/h4-13H,1-3H3/b5-4-,13-8-. The van der Waals surface area contributed by atoms with Gasteiger partial charge < -0.3 is 9.32 Å². The number of benzene rings is 2. The third-order valence-corrected chi connectivity index (χ3v) is 3.69. The lowest BCUT2D eigenvalue weighted by Gasteiger charge is -2.17. The summed E-state index contributed by atoms with van der Waals surface area (Å²) in [4.78, 5) is 2.11. The van der Waals surface area contributed by atoms with Crippen LogP contribution in [-0.4, -0.2) is 7.05 Å². The normalized spacial score (nSPS) is 12.1. The smallest absolute Gasteiger partial charge is 0.159 e. The van der Waals surface area contributed by atoms with Gasteiger partial charge in [0.25, 0.3) is 0 Å². The Hall–Kier alpha value is -2.48. The number of fused-ring (bicyclic) bond motifs is 3. The Morgan fingerprint density at radius 2 is 1.81 bits per heavy atom. The van der Waals surface area contributed by atoms with E-state index < -0.39 is 0 Å². The molecule has 1 heterocycles. The molecular weight excluding hydrogens is 258 g/mol. The summed E-state index contributed by atoms with van der Waals surface area (Å²) in [5.74, 6) is 0. The molecule has 3 rings (SSSR count). The minimum absolute atomic E-state index is 0.935. The van der Waals surface area contributed by atoms with Crippen LogP contribution in [0.2, 0.25) is 0 Å². The van der Waals surface area contributed by atoms with E-state index in [1.165, 1.54) is 10.9 Å². The number of rotatable bonds is 3. The molecule has 2 aromatic carbocycles. The summed E-state index contributed by atoms with van der Waals surface area (Å²) in [5, 5.41) is 2.33. The maximum Gasteiger partial charge on any atom is 0.159 e. The van der Waals surface area contributed by atoms with Gasteiger partial charge in [-0.05, 0) is 31.6 Å². The van der Waals surface area contributed by atoms with Crippen molar-refractivity contribution in [3.63, 3.8) is 0 Å². The average Bonchev–Trinajstić information content (AvgIpc) is 2.85. The molecule has 0 saturated heterocycles. The van der Waals surface area contributed by atoms with Gasteiger partial charge in [-0.15, -0.1) is 0 Å². The summed E-state index contributed by atoms with van der Waals surface area (Å²) in [5.41, 5.74) is 4.20. The fourth-order valence-electron chi connectivity index (χ4n) is 2.68. The first kappa shape index (κ1) is 13.5. The number of para-hydroxylation sites is 1. The molecule has 0 unspecified atom stereocenters. The molecule has 1 aromatic heterocycles. The quantitative estimate of drug-likeness (QED) is 0.594. The lowest BCUT2D eigenvalue weighted by molar-refractivity contribution is 0.668. The highest BCUT2D eigenvalue weighted by atomic mass is 16.3. The van der Waals surface area contributed by atoms with E-state index in [-0.39, 0.29) is 0 Å². The molecule has 3 aromatic rings. The Kier molecular flexibility index (Phi) is 3.53. The largest absolute Gasteiger partial charge is 0.454 e. The first-order chi connectivity index (χ1) is 10.2. The van der Waals surface area contributed by atoms with Crippen LogP contribution in [-0.2, 0) is 0 Å². The Morgan fingerprint density at radius 1 is 1.00 bits per heavy atom. The van der Waals surface area contributed by atoms with E-state index in [9.17, 15) is 0 Å². The molecular formula is C19H19NO. The number of hydrogen-bond acceptors (Lipinski definition) is 2. The van der Waals surface area contributed by atoms with Gasteiger partial charge in [0.1, 0.15) is 5.58 Å². The van der Waals surface area contributed by atoms with Gasteiger partial charge in [-0.1, -0.05) is 42.5 Å². The SMILES string of the molecule is C/C=C\C=C/N(C)c1c(C)ccc2c1oc1ccccc12. The number of hydrogen-bond donors (Lipinski definition) is 0. The van der Waals surface area contributed by atoms with Crippen molar-refractivity contribution in [1.82, 2.24) is 0 Å². The predicted molar refractivity (Wildman–Crippen MR) is 90.8 cm³/mol. The molecule has 21 heavy (non-hydrogen) atoms. The van der Waals surface area contributed by atoms with Crippen molar-refractivity contribution in [2.75, 3.05) is 11.9 Å². The zero-order valence-electron chi connectivity index (χ0n) is 12.6. The summed E-state index contributed by atoms with van der Waals surface area (Å²) < 4.78 is 6.10. The first-order valence-corrected chi connectivity index (χ1v) is 7.15. The van der Waals surface area contributed by atoms with Crippen molar-refractivity contribution in [2.24, 2.45) is 0 Å². The Bertz CT molecular complexity index is 839. The number of nitrogens with zero attached hydrogens (tertiary/aromatic N) is 1. The van der Waals surface area contributed by atoms with Crippen LogP contribution in [0.15, 0.2) is 65.2 Å². The zero-order chi connectivity index (χ0) is 14.8. The van der Waals surface area contributed by atoms with E-state index in [2.05, 4.69) is 43.3 Å². The van der Waals surface area contributed by atoms with Crippen LogP contribution in [0.1, 0.15) is 12.5 Å². The van der Waals surface area contributed by atoms with E-state index in [0.29, 0.717) is 0 Å². The molecule has 0 bridgehead atoms. The molecule has 0 aliphatic rings. The van der Waals surface area contributed by atoms with Crippen molar-refractivity contribution in [3.05, 3.63) is 66.4 Å². The van der Waals surface area contributed by atoms with E-state index >= 15 is 0 Å². The molecule has 0 saturated carbocycles. The Labute approximate surface area is 125 Å². The molecule has 0 aliphatic heterocycles. The number of allylic oxidation sites excluding steroid dienone is 3. The summed E-state index contributed by atoms with van der Waals surface area (Å²) in [6.07, 6.45) is 8.11. The highest BCUT2D eigenvalue weighted by Crippen LogP contribution is 2.36. The molecule has 0 atom stereocenters. The molecule has 106 valence electrons. The Balaban J connectivity index is 2.23. The number of aryl methyl sites for hydroxylation is 1. The van der Waals surface area contributed by atoms with Crippen molar-refractivity contribution in [3.8, 4) is 0 Å². The van der Waals surface area contributed by atoms with Crippen LogP contribution in [0.25, 0.3) is 21.9 Å². The monoisotopic (exact) mass is 277 g/mol. The molecule has 2 nitrogen and oxygen atoms in total. The van der Waals surface area contributed by atoms with Crippen molar-refractivity contribution in [2.45, 2.75) is 13.8 Å². The maximum absolute atomic E-state index is 6.10. The lowest BCUT2D eigenvalue weighted by Crippen LogP contribution is -2.09. The third-order valence-electron chi connectivity index (χ3n) is 3.69. The minimum Gasteiger partial charge on any atom is -0.454 e. The predicted octanol–water partition coefficient (Wildman–Crippen LogP) is 5.42. The van der Waals surface area contributed by atoms with Crippen molar-refractivity contribution >= 4 is 27.6 Å². The van der Waals surface area contributed by atoms with Crippen molar-refractivity contribution in [1.29, 1.82) is 0 Å². The second kappa shape index (κ2) is 5.49. The Morgan fingerprint density at radius 3 is 2.62 bits per heavy atom. The molecule has 0 N–H and O–H groups in total. The second-order valence-corrected chi connectivity index (χ2v) is 5.18. The van der Waals surface area contributed by atoms with Gasteiger partial charge >= 0.3 is 0 Å². The van der Waals surface area contributed by atoms with Gasteiger partial charge in [0.2, 0.25) is 0 Å². The van der Waals surface area contributed by atoms with Gasteiger partial charge in [0.05, 0.1) is 5.69 Å². The van der Waals surface area contributed by atoms with Crippen LogP contribution < -0.4 is 4.90 Å². The third kappa shape index (κ3) is 2.33. The van der Waals surface area contributed by atoms with Gasteiger partial charge in [-0.3, -0.25) is 0 Å². The van der Waals surface area contributed by atoms with Crippen LogP contribution >= 0.6 is 0 Å². The minimum atomic E-state index is 0.935. The molecule has 0 radical (unpaired) electrons. The van der Waals surface area contributed by atoms with Crippen LogP contribution in [0, 0.1) is 6.92 Å². The second-order valence-electron chi connectivity index (χ2n) is 5.18. The summed E-state index contributed by atoms with van der Waals surface area (Å²) in [6, 6.07) is 12.5. The first-order valence-electron chi connectivity index (χ1n) is 7.15. The van der Waals surface area contributed by atoms with Gasteiger partial charge in [0.15, 0.2) is 5.58 Å². The maximum atomic E-state index is 6.10. The van der Waals surface area contributed by atoms with E-state index in [0.717, 1.165) is 22.2 Å². The molecule has 0 fully saturated rings. The number of anilines is 1. The number of furan rings is 1. The van der Waals surface area contributed by atoms with E-state index in [1.807, 2.05) is 43.4 Å². The molecule has 0 spiro atoms. The van der Waals surface area contributed by atoms with Crippen molar-refractivity contribution < 1.29 is 4.42 Å². The lowest BCUT2D eigenvalue weighted by atomic mass is 10.1. The van der Waals surface area contributed by atoms with E-state index in [4.69, 9.17) is 4.42 Å². The summed E-state index contributed by atoms with van der Waals surface area (Å²) in [7, 11) is 2.05. The molecule has 0 aliphatic carbocycles. The van der Waals surface area contributed by atoms with Gasteiger partial charge in [0, 0.05) is 24.0 Å². The molecule has 2 heteroatoms. The molecule has 0 amide bonds. The summed E-state index contributed by atoms with van der Waals surface area (Å²) in [6.45, 7) is 4.12. The van der Waals surface area contributed by atoms with Gasteiger partial charge in [-0.25, -0.2) is 0 Å². The highest BCUT2D eigenvalue weighted by molar-refractivity contribution is 6.09. The fraction of sp³-hybridized carbons (Fsp3) is 0.158. The van der Waals surface area contributed by atoms with Gasteiger partial charge in [-0.2, -0.15) is 0 Å². The van der Waals surface area contributed by atoms with Crippen LogP contribution in [0.4, 0.5) is 5.69 Å². The highest BCUT2D eigenvalue weighted by Gasteiger charge is 2.14. The van der Waals surface area contributed by atoms with Crippen LogP contribution in [0.3, 0.4) is 0 Å². The zero-order valence-corrected chi connectivity index (χ0v) is 12.6.